The van der Waals surface area contributed by atoms with Gasteiger partial charge in [-0.25, -0.2) is 4.21 Å². The summed E-state index contributed by atoms with van der Waals surface area (Å²) in [5.41, 5.74) is 0. The molecule has 1 fully saturated rings. The van der Waals surface area contributed by atoms with E-state index in [1.807, 2.05) is 6.42 Å². The van der Waals surface area contributed by atoms with Crippen molar-refractivity contribution >= 4 is 16.6 Å². The van der Waals surface area contributed by atoms with Crippen LogP contribution in [0.1, 0.15) is 38.5 Å². The van der Waals surface area contributed by atoms with Gasteiger partial charge in [-0.3, -0.25) is 0 Å². The van der Waals surface area contributed by atoms with E-state index in [4.69, 9.17) is 0 Å². The zero-order valence-electron chi connectivity index (χ0n) is 6.79. The molecule has 1 saturated carbocycles. The van der Waals surface area contributed by atoms with Crippen LogP contribution in [0.2, 0.25) is 0 Å². The summed E-state index contributed by atoms with van der Waals surface area (Å²) in [6.07, 6.45) is 10.1. The van der Waals surface area contributed by atoms with Crippen LogP contribution in [0.3, 0.4) is 0 Å². The highest BCUT2D eigenvalue weighted by Crippen LogP contribution is 2.26. The van der Waals surface area contributed by atoms with Crippen molar-refractivity contribution in [1.29, 1.82) is 0 Å². The lowest BCUT2D eigenvalue weighted by molar-refractivity contribution is 0.358. The highest BCUT2D eigenvalue weighted by Gasteiger charge is 2.11. The van der Waals surface area contributed by atoms with E-state index in [2.05, 4.69) is 0 Å². The summed E-state index contributed by atoms with van der Waals surface area (Å²) in [6.45, 7) is 0. The summed E-state index contributed by atoms with van der Waals surface area (Å²) < 4.78 is 10.0. The molecule has 0 aromatic rings. The summed E-state index contributed by atoms with van der Waals surface area (Å²) in [7, 11) is 0. The number of hydrogen-bond donors (Lipinski definition) is 0. The van der Waals surface area contributed by atoms with Crippen LogP contribution in [-0.2, 0) is 11.3 Å². The molecular weight excluding hydrogens is 156 g/mol. The van der Waals surface area contributed by atoms with Crippen LogP contribution in [0.25, 0.3) is 0 Å². The third kappa shape index (κ3) is 3.71. The fourth-order valence-electron chi connectivity index (χ4n) is 1.71. The Labute approximate surface area is 72.3 Å². The maximum atomic E-state index is 10.0. The summed E-state index contributed by atoms with van der Waals surface area (Å²) >= 11 is 0.560. The largest absolute Gasteiger partial charge is 0.213 e. The van der Waals surface area contributed by atoms with Crippen molar-refractivity contribution in [3.05, 3.63) is 6.42 Å². The monoisotopic (exact) mass is 171 g/mol. The van der Waals surface area contributed by atoms with Crippen molar-refractivity contribution in [3.63, 3.8) is 0 Å². The van der Waals surface area contributed by atoms with Gasteiger partial charge in [0.25, 0.3) is 0 Å². The Morgan fingerprint density at radius 1 is 1.27 bits per heavy atom. The predicted molar refractivity (Wildman–Crippen MR) is 49.7 cm³/mol. The molecule has 0 N–H and O–H groups in total. The average molecular weight is 171 g/mol. The van der Waals surface area contributed by atoms with E-state index in [-0.39, 0.29) is 0 Å². The van der Waals surface area contributed by atoms with E-state index < -0.39 is 0 Å². The normalized spacial score (nSPS) is 19.6. The molecule has 0 aromatic carbocycles. The first kappa shape index (κ1) is 8.98. The molecule has 1 radical (unpaired) electrons. The van der Waals surface area contributed by atoms with Crippen molar-refractivity contribution in [2.24, 2.45) is 5.92 Å². The van der Waals surface area contributed by atoms with Crippen molar-refractivity contribution in [3.8, 4) is 0 Å². The first-order valence-corrected chi connectivity index (χ1v) is 5.17. The molecule has 1 aliphatic carbocycles. The molecule has 2 heteroatoms. The number of rotatable bonds is 3. The van der Waals surface area contributed by atoms with E-state index in [1.165, 1.54) is 32.1 Å². The molecule has 0 heterocycles. The number of hydrogen-bond acceptors (Lipinski definition) is 1. The van der Waals surface area contributed by atoms with Crippen LogP contribution < -0.4 is 0 Å². The molecule has 1 aliphatic rings. The maximum Gasteiger partial charge on any atom is 0.0844 e. The molecule has 11 heavy (non-hydrogen) atoms. The second-order valence-corrected chi connectivity index (χ2v) is 3.67. The third-order valence-electron chi connectivity index (χ3n) is 2.35. The molecule has 1 nitrogen and oxygen atoms in total. The minimum Gasteiger partial charge on any atom is -0.213 e. The smallest absolute Gasteiger partial charge is 0.0844 e. The highest BCUT2D eigenvalue weighted by molar-refractivity contribution is 7.65. The lowest BCUT2D eigenvalue weighted by atomic mass is 9.86. The van der Waals surface area contributed by atoms with Gasteiger partial charge in [0.05, 0.1) is 11.3 Å². The van der Waals surface area contributed by atoms with Gasteiger partial charge in [-0.1, -0.05) is 32.1 Å². The molecule has 0 atom stereocenters. The van der Waals surface area contributed by atoms with Crippen LogP contribution in [0.5, 0.6) is 0 Å². The van der Waals surface area contributed by atoms with Crippen LogP contribution in [0.15, 0.2) is 0 Å². The van der Waals surface area contributed by atoms with Crippen LogP contribution in [-0.4, -0.2) is 9.58 Å². The molecule has 0 aliphatic heterocycles. The summed E-state index contributed by atoms with van der Waals surface area (Å²) in [4.78, 5) is 0. The maximum absolute atomic E-state index is 10.0. The standard InChI is InChI=1S/C9H15OS/c10-11-8-4-7-9-5-2-1-3-6-9/h4,8-9H,1-3,5-7H2. The van der Waals surface area contributed by atoms with Crippen LogP contribution in [0, 0.1) is 12.3 Å². The third-order valence-corrected chi connectivity index (χ3v) is 2.65. The lowest BCUT2D eigenvalue weighted by Gasteiger charge is -2.20. The molecule has 0 aromatic heterocycles. The fraction of sp³-hybridized carbons (Fsp3) is 0.778. The minimum absolute atomic E-state index is 0.560. The van der Waals surface area contributed by atoms with Gasteiger partial charge in [0.2, 0.25) is 0 Å². The van der Waals surface area contributed by atoms with Crippen molar-refractivity contribution in [2.45, 2.75) is 38.5 Å². The fourth-order valence-corrected chi connectivity index (χ4v) is 1.90. The highest BCUT2D eigenvalue weighted by atomic mass is 32.1. The van der Waals surface area contributed by atoms with Gasteiger partial charge in [-0.05, 0) is 18.8 Å². The minimum atomic E-state index is 0.560. The van der Waals surface area contributed by atoms with Gasteiger partial charge < -0.3 is 0 Å². The van der Waals surface area contributed by atoms with Gasteiger partial charge in [-0.15, -0.1) is 0 Å². The van der Waals surface area contributed by atoms with Crippen molar-refractivity contribution in [2.75, 3.05) is 0 Å². The van der Waals surface area contributed by atoms with E-state index >= 15 is 0 Å². The van der Waals surface area contributed by atoms with E-state index in [0.29, 0.717) is 11.3 Å². The predicted octanol–water partition coefficient (Wildman–Crippen LogP) is 2.18. The Kier molecular flexibility index (Phi) is 4.51. The summed E-state index contributed by atoms with van der Waals surface area (Å²) in [5.74, 6) is 0.868. The Morgan fingerprint density at radius 3 is 2.64 bits per heavy atom. The Bertz CT molecular complexity index is 144. The average Bonchev–Trinajstić information content (AvgIpc) is 2.07. The molecular formula is C9H15OS. The van der Waals surface area contributed by atoms with Crippen molar-refractivity contribution in [1.82, 2.24) is 0 Å². The molecule has 1 rings (SSSR count). The van der Waals surface area contributed by atoms with Crippen LogP contribution >= 0.6 is 0 Å². The van der Waals surface area contributed by atoms with E-state index in [9.17, 15) is 4.21 Å². The van der Waals surface area contributed by atoms with Crippen LogP contribution in [0.4, 0.5) is 0 Å². The van der Waals surface area contributed by atoms with Gasteiger partial charge >= 0.3 is 0 Å². The Balaban J connectivity index is 2.09. The second kappa shape index (κ2) is 5.53. The first-order valence-electron chi connectivity index (χ1n) is 4.37. The van der Waals surface area contributed by atoms with Gasteiger partial charge in [0.15, 0.2) is 0 Å². The first-order chi connectivity index (χ1) is 5.43. The van der Waals surface area contributed by atoms with Gasteiger partial charge in [-0.2, -0.15) is 0 Å². The zero-order chi connectivity index (χ0) is 7.94. The summed E-state index contributed by atoms with van der Waals surface area (Å²) in [6, 6.07) is 0. The quantitative estimate of drug-likeness (QED) is 0.595. The second-order valence-electron chi connectivity index (χ2n) is 3.21. The van der Waals surface area contributed by atoms with E-state index in [1.54, 1.807) is 5.37 Å². The summed E-state index contributed by atoms with van der Waals surface area (Å²) in [5, 5.41) is 1.66. The topological polar surface area (TPSA) is 17.1 Å². The van der Waals surface area contributed by atoms with Crippen molar-refractivity contribution < 1.29 is 4.21 Å². The molecule has 63 valence electrons. The van der Waals surface area contributed by atoms with Gasteiger partial charge in [0.1, 0.15) is 0 Å². The molecule has 0 unspecified atom stereocenters. The zero-order valence-corrected chi connectivity index (χ0v) is 7.61. The molecule has 0 spiro atoms. The molecule has 0 saturated heterocycles. The Morgan fingerprint density at radius 2 is 2.00 bits per heavy atom. The Hall–Kier alpha value is -0.110. The molecule has 0 bridgehead atoms. The SMILES string of the molecule is O=S=C[CH]CC1CCCCC1. The van der Waals surface area contributed by atoms with Gasteiger partial charge in [0, 0.05) is 5.37 Å². The van der Waals surface area contributed by atoms with E-state index in [0.717, 1.165) is 12.3 Å². The molecule has 0 amide bonds. The lowest BCUT2D eigenvalue weighted by Crippen LogP contribution is -2.06.